The van der Waals surface area contributed by atoms with Crippen LogP contribution in [0.3, 0.4) is 0 Å². The molecule has 2 aliphatic heterocycles. The number of halogens is 1. The zero-order chi connectivity index (χ0) is 18.1. The Kier molecular flexibility index (Phi) is 4.76. The summed E-state index contributed by atoms with van der Waals surface area (Å²) in [4.78, 5) is 16.9. The third-order valence-corrected chi connectivity index (χ3v) is 5.84. The summed E-state index contributed by atoms with van der Waals surface area (Å²) >= 11 is 5.90. The van der Waals surface area contributed by atoms with E-state index in [1.165, 1.54) is 11.1 Å². The molecule has 2 saturated heterocycles. The molecule has 2 aromatic rings. The third-order valence-electron chi connectivity index (χ3n) is 5.59. The van der Waals surface area contributed by atoms with E-state index in [-0.39, 0.29) is 5.91 Å². The Hall–Kier alpha value is -1.84. The monoisotopic (exact) mass is 368 g/mol. The summed E-state index contributed by atoms with van der Waals surface area (Å²) in [6.45, 7) is 7.35. The molecule has 0 radical (unpaired) electrons. The molecule has 0 unspecified atom stereocenters. The smallest absolute Gasteiger partial charge is 0.227 e. The van der Waals surface area contributed by atoms with Crippen LogP contribution >= 0.6 is 11.6 Å². The predicted molar refractivity (Wildman–Crippen MR) is 105 cm³/mol. The fourth-order valence-corrected chi connectivity index (χ4v) is 4.37. The number of nitrogens with zero attached hydrogens (tertiary/aromatic N) is 2. The van der Waals surface area contributed by atoms with Gasteiger partial charge in [-0.1, -0.05) is 53.6 Å². The minimum absolute atomic E-state index is 0.233. The minimum atomic E-state index is 0.233. The standard InChI is InChI=1S/C22H25ClN2O/c1-17-3-2-4-18(11-17)9-10-24-13-22(14-24)15-25(16-22)21(26)12-19-5-7-20(23)8-6-19/h2-8,11H,9-10,12-16H2,1H3. The lowest BCUT2D eigenvalue weighted by Crippen LogP contribution is -2.73. The molecule has 1 amide bonds. The van der Waals surface area contributed by atoms with Crippen molar-refractivity contribution in [3.63, 3.8) is 0 Å². The van der Waals surface area contributed by atoms with Gasteiger partial charge in [0.25, 0.3) is 0 Å². The van der Waals surface area contributed by atoms with Crippen molar-refractivity contribution in [1.29, 1.82) is 0 Å². The van der Waals surface area contributed by atoms with E-state index >= 15 is 0 Å². The molecule has 0 atom stereocenters. The van der Waals surface area contributed by atoms with Gasteiger partial charge in [0.2, 0.25) is 5.91 Å². The number of carbonyl (C=O) groups excluding carboxylic acids is 1. The summed E-state index contributed by atoms with van der Waals surface area (Å²) in [6.07, 6.45) is 1.58. The fourth-order valence-electron chi connectivity index (χ4n) is 4.24. The lowest BCUT2D eigenvalue weighted by Gasteiger charge is -2.60. The van der Waals surface area contributed by atoms with Crippen molar-refractivity contribution in [1.82, 2.24) is 9.80 Å². The maximum atomic E-state index is 12.4. The summed E-state index contributed by atoms with van der Waals surface area (Å²) in [5.74, 6) is 0.233. The molecule has 4 rings (SSSR count). The predicted octanol–water partition coefficient (Wildman–Crippen LogP) is 3.58. The Labute approximate surface area is 160 Å². The Morgan fingerprint density at radius 3 is 2.46 bits per heavy atom. The van der Waals surface area contributed by atoms with Crippen molar-refractivity contribution in [2.45, 2.75) is 19.8 Å². The Morgan fingerprint density at radius 1 is 1.04 bits per heavy atom. The van der Waals surface area contributed by atoms with Gasteiger partial charge >= 0.3 is 0 Å². The molecule has 0 saturated carbocycles. The minimum Gasteiger partial charge on any atom is -0.341 e. The molecule has 0 aliphatic carbocycles. The quantitative estimate of drug-likeness (QED) is 0.805. The normalized spacial score (nSPS) is 18.5. The lowest BCUT2D eigenvalue weighted by molar-refractivity contribution is -0.158. The van der Waals surface area contributed by atoms with Gasteiger partial charge in [0, 0.05) is 43.2 Å². The van der Waals surface area contributed by atoms with Gasteiger partial charge in [-0.05, 0) is 36.6 Å². The topological polar surface area (TPSA) is 23.6 Å². The van der Waals surface area contributed by atoms with Gasteiger partial charge in [-0.25, -0.2) is 0 Å². The second kappa shape index (κ2) is 7.05. The van der Waals surface area contributed by atoms with Crippen LogP contribution in [0.25, 0.3) is 0 Å². The summed E-state index contributed by atoms with van der Waals surface area (Å²) in [5, 5.41) is 0.712. The van der Waals surface area contributed by atoms with E-state index in [0.29, 0.717) is 16.9 Å². The number of benzene rings is 2. The van der Waals surface area contributed by atoms with Gasteiger partial charge in [0.1, 0.15) is 0 Å². The molecule has 26 heavy (non-hydrogen) atoms. The average Bonchev–Trinajstić information content (AvgIpc) is 2.54. The highest BCUT2D eigenvalue weighted by Crippen LogP contribution is 2.39. The molecule has 136 valence electrons. The van der Waals surface area contributed by atoms with Gasteiger partial charge in [-0.2, -0.15) is 0 Å². The summed E-state index contributed by atoms with van der Waals surface area (Å²) < 4.78 is 0. The van der Waals surface area contributed by atoms with Crippen molar-refractivity contribution in [3.05, 3.63) is 70.2 Å². The van der Waals surface area contributed by atoms with Crippen LogP contribution in [-0.2, 0) is 17.6 Å². The molecule has 2 aromatic carbocycles. The van der Waals surface area contributed by atoms with Gasteiger partial charge in [-0.15, -0.1) is 0 Å². The number of hydrogen-bond acceptors (Lipinski definition) is 2. The number of hydrogen-bond donors (Lipinski definition) is 0. The fraction of sp³-hybridized carbons (Fsp3) is 0.409. The second-order valence-corrected chi connectivity index (χ2v) is 8.44. The average molecular weight is 369 g/mol. The number of aryl methyl sites for hydroxylation is 1. The molecule has 3 nitrogen and oxygen atoms in total. The van der Waals surface area contributed by atoms with Crippen LogP contribution in [0.5, 0.6) is 0 Å². The zero-order valence-corrected chi connectivity index (χ0v) is 16.0. The first kappa shape index (κ1) is 17.6. The van der Waals surface area contributed by atoms with E-state index < -0.39 is 0 Å². The molecule has 2 aliphatic rings. The van der Waals surface area contributed by atoms with Gasteiger partial charge in [0.05, 0.1) is 6.42 Å². The first-order chi connectivity index (χ1) is 12.5. The zero-order valence-electron chi connectivity index (χ0n) is 15.2. The second-order valence-electron chi connectivity index (χ2n) is 8.00. The maximum Gasteiger partial charge on any atom is 0.227 e. The largest absolute Gasteiger partial charge is 0.341 e. The van der Waals surface area contributed by atoms with Gasteiger partial charge in [-0.3, -0.25) is 4.79 Å². The van der Waals surface area contributed by atoms with E-state index in [9.17, 15) is 4.79 Å². The number of rotatable bonds is 5. The molecule has 4 heteroatoms. The van der Waals surface area contributed by atoms with E-state index in [1.54, 1.807) is 0 Å². The van der Waals surface area contributed by atoms with E-state index in [1.807, 2.05) is 29.2 Å². The molecule has 2 fully saturated rings. The van der Waals surface area contributed by atoms with Crippen molar-refractivity contribution in [3.8, 4) is 0 Å². The van der Waals surface area contributed by atoms with E-state index in [0.717, 1.165) is 44.7 Å². The van der Waals surface area contributed by atoms with E-state index in [2.05, 4.69) is 36.1 Å². The van der Waals surface area contributed by atoms with Gasteiger partial charge < -0.3 is 9.80 Å². The molecule has 2 heterocycles. The van der Waals surface area contributed by atoms with Gasteiger partial charge in [0.15, 0.2) is 0 Å². The molecule has 0 N–H and O–H groups in total. The number of amides is 1. The Bertz CT molecular complexity index is 788. The van der Waals surface area contributed by atoms with Crippen LogP contribution in [-0.4, -0.2) is 48.4 Å². The lowest BCUT2D eigenvalue weighted by atomic mass is 9.72. The third kappa shape index (κ3) is 3.79. The number of likely N-dealkylation sites (tertiary alicyclic amines) is 2. The number of carbonyl (C=O) groups is 1. The van der Waals surface area contributed by atoms with Crippen molar-refractivity contribution in [2.75, 3.05) is 32.7 Å². The Morgan fingerprint density at radius 2 is 1.77 bits per heavy atom. The summed E-state index contributed by atoms with van der Waals surface area (Å²) in [6, 6.07) is 16.3. The van der Waals surface area contributed by atoms with Crippen LogP contribution in [0.15, 0.2) is 48.5 Å². The molecule has 0 bridgehead atoms. The molecule has 1 spiro atoms. The van der Waals surface area contributed by atoms with Crippen LogP contribution in [0.1, 0.15) is 16.7 Å². The van der Waals surface area contributed by atoms with Crippen molar-refractivity contribution < 1.29 is 4.79 Å². The van der Waals surface area contributed by atoms with Crippen molar-refractivity contribution in [2.24, 2.45) is 5.41 Å². The van der Waals surface area contributed by atoms with Crippen molar-refractivity contribution >= 4 is 17.5 Å². The van der Waals surface area contributed by atoms with Crippen LogP contribution in [0, 0.1) is 12.3 Å². The van der Waals surface area contributed by atoms with Crippen LogP contribution < -0.4 is 0 Å². The summed E-state index contributed by atoms with van der Waals surface area (Å²) in [5.41, 5.74) is 4.15. The highest BCUT2D eigenvalue weighted by molar-refractivity contribution is 6.30. The maximum absolute atomic E-state index is 12.4. The molecular weight excluding hydrogens is 344 g/mol. The Balaban J connectivity index is 1.19. The first-order valence-electron chi connectivity index (χ1n) is 9.32. The highest BCUT2D eigenvalue weighted by Gasteiger charge is 2.52. The molecule has 0 aromatic heterocycles. The highest BCUT2D eigenvalue weighted by atomic mass is 35.5. The van der Waals surface area contributed by atoms with Crippen LogP contribution in [0.2, 0.25) is 5.02 Å². The first-order valence-corrected chi connectivity index (χ1v) is 9.69. The molecular formula is C22H25ClN2O. The van der Waals surface area contributed by atoms with Crippen LogP contribution in [0.4, 0.5) is 0 Å². The van der Waals surface area contributed by atoms with E-state index in [4.69, 9.17) is 11.6 Å². The SMILES string of the molecule is Cc1cccc(CCN2CC3(C2)CN(C(=O)Cc2ccc(Cl)cc2)C3)c1. The summed E-state index contributed by atoms with van der Waals surface area (Å²) in [7, 11) is 0.